The van der Waals surface area contributed by atoms with Gasteiger partial charge in [0.1, 0.15) is 11.0 Å². The van der Waals surface area contributed by atoms with E-state index < -0.39 is 0 Å². The molecule has 1 amide bonds. The number of anilines is 3. The molecule has 34 heavy (non-hydrogen) atoms. The molecule has 0 atom stereocenters. The van der Waals surface area contributed by atoms with E-state index in [9.17, 15) is 4.79 Å². The lowest BCUT2D eigenvalue weighted by Crippen LogP contribution is -2.14. The highest BCUT2D eigenvalue weighted by Crippen LogP contribution is 2.27. The van der Waals surface area contributed by atoms with E-state index in [4.69, 9.17) is 21.6 Å². The molecular formula is C26H27ClN6O. The Hall–Kier alpha value is -3.71. The third-order valence-electron chi connectivity index (χ3n) is 5.44. The Morgan fingerprint density at radius 3 is 2.44 bits per heavy atom. The van der Waals surface area contributed by atoms with Gasteiger partial charge in [-0.15, -0.1) is 0 Å². The van der Waals surface area contributed by atoms with E-state index in [1.165, 1.54) is 11.8 Å². The lowest BCUT2D eigenvalue weighted by atomic mass is 10.0. The van der Waals surface area contributed by atoms with Crippen molar-refractivity contribution in [3.8, 4) is 0 Å². The van der Waals surface area contributed by atoms with Crippen molar-refractivity contribution in [1.82, 2.24) is 15.0 Å². The summed E-state index contributed by atoms with van der Waals surface area (Å²) in [5.41, 5.74) is 4.37. The first-order valence-electron chi connectivity index (χ1n) is 11.0. The second kappa shape index (κ2) is 10.1. The molecule has 7 nitrogen and oxygen atoms in total. The summed E-state index contributed by atoms with van der Waals surface area (Å²) in [6, 6.07) is 17.3. The fourth-order valence-electron chi connectivity index (χ4n) is 3.43. The summed E-state index contributed by atoms with van der Waals surface area (Å²) in [6.45, 7) is 4.93. The molecule has 8 heteroatoms. The van der Waals surface area contributed by atoms with Crippen molar-refractivity contribution in [1.29, 1.82) is 0 Å². The molecule has 0 aliphatic rings. The van der Waals surface area contributed by atoms with Crippen molar-refractivity contribution >= 4 is 45.9 Å². The first kappa shape index (κ1) is 23.4. The van der Waals surface area contributed by atoms with E-state index in [1.54, 1.807) is 12.1 Å². The third kappa shape index (κ3) is 5.43. The maximum Gasteiger partial charge on any atom is 0.257 e. The minimum Gasteiger partial charge on any atom is -0.365 e. The number of carbonyl (C=O) groups excluding carboxylic acids is 1. The van der Waals surface area contributed by atoms with E-state index >= 15 is 0 Å². The Bertz CT molecular complexity index is 1300. The molecule has 4 rings (SSSR count). The van der Waals surface area contributed by atoms with Gasteiger partial charge in [-0.1, -0.05) is 43.6 Å². The summed E-state index contributed by atoms with van der Waals surface area (Å²) in [4.78, 5) is 27.7. The predicted octanol–water partition coefficient (Wildman–Crippen LogP) is 5.73. The molecule has 0 radical (unpaired) electrons. The van der Waals surface area contributed by atoms with Gasteiger partial charge in [-0.25, -0.2) is 9.97 Å². The molecule has 0 aliphatic carbocycles. The summed E-state index contributed by atoms with van der Waals surface area (Å²) in [7, 11) is 3.87. The van der Waals surface area contributed by atoms with Gasteiger partial charge < -0.3 is 15.5 Å². The molecule has 0 spiro atoms. The minimum absolute atomic E-state index is 0.237. The van der Waals surface area contributed by atoms with Crippen LogP contribution in [0.3, 0.4) is 0 Å². The topological polar surface area (TPSA) is 83.0 Å². The average molecular weight is 475 g/mol. The number of halogens is 1. The van der Waals surface area contributed by atoms with Gasteiger partial charge in [-0.3, -0.25) is 4.79 Å². The molecule has 2 N–H and O–H groups in total. The summed E-state index contributed by atoms with van der Waals surface area (Å²) in [5.74, 6) is 1.63. The Kier molecular flexibility index (Phi) is 6.93. The maximum atomic E-state index is 12.4. The van der Waals surface area contributed by atoms with Gasteiger partial charge in [0.2, 0.25) is 5.95 Å². The summed E-state index contributed by atoms with van der Waals surface area (Å²) in [6.07, 6.45) is 1.45. The highest BCUT2D eigenvalue weighted by atomic mass is 35.5. The summed E-state index contributed by atoms with van der Waals surface area (Å²) < 4.78 is 0. The molecule has 0 unspecified atom stereocenters. The molecule has 0 saturated heterocycles. The number of rotatable bonds is 7. The van der Waals surface area contributed by atoms with Gasteiger partial charge in [0.25, 0.3) is 5.91 Å². The molecule has 0 aliphatic heterocycles. The van der Waals surface area contributed by atoms with Crippen LogP contribution in [0.1, 0.15) is 41.3 Å². The van der Waals surface area contributed by atoms with Crippen LogP contribution in [-0.4, -0.2) is 35.0 Å². The number of amides is 1. The molecule has 0 saturated carbocycles. The first-order chi connectivity index (χ1) is 16.3. The molecule has 0 fully saturated rings. The highest BCUT2D eigenvalue weighted by Gasteiger charge is 2.12. The van der Waals surface area contributed by atoms with Crippen LogP contribution in [0.4, 0.5) is 17.5 Å². The second-order valence-electron chi connectivity index (χ2n) is 8.57. The van der Waals surface area contributed by atoms with E-state index in [-0.39, 0.29) is 5.91 Å². The number of hydrogen-bond donors (Lipinski definition) is 2. The average Bonchev–Trinajstić information content (AvgIpc) is 2.83. The number of nitrogens with zero attached hydrogens (tertiary/aromatic N) is 4. The van der Waals surface area contributed by atoms with Crippen LogP contribution in [0.5, 0.6) is 0 Å². The van der Waals surface area contributed by atoms with E-state index in [2.05, 4.69) is 47.7 Å². The quantitative estimate of drug-likeness (QED) is 0.333. The van der Waals surface area contributed by atoms with Gasteiger partial charge in [-0.2, -0.15) is 4.98 Å². The maximum absolute atomic E-state index is 12.4. The Morgan fingerprint density at radius 1 is 1.03 bits per heavy atom. The zero-order chi connectivity index (χ0) is 24.2. The lowest BCUT2D eigenvalue weighted by molar-refractivity contribution is 0.102. The molecule has 4 aromatic rings. The highest BCUT2D eigenvalue weighted by molar-refractivity contribution is 6.29. The largest absolute Gasteiger partial charge is 0.365 e. The van der Waals surface area contributed by atoms with Gasteiger partial charge in [0.15, 0.2) is 0 Å². The van der Waals surface area contributed by atoms with E-state index in [0.717, 1.165) is 22.3 Å². The number of pyridine rings is 1. The number of fused-ring (bicyclic) bond motifs is 1. The van der Waals surface area contributed by atoms with Crippen molar-refractivity contribution in [2.45, 2.75) is 26.3 Å². The van der Waals surface area contributed by atoms with E-state index in [0.29, 0.717) is 34.8 Å². The summed E-state index contributed by atoms with van der Waals surface area (Å²) >= 11 is 5.78. The first-order valence-corrected chi connectivity index (χ1v) is 11.4. The summed E-state index contributed by atoms with van der Waals surface area (Å²) in [5, 5.41) is 7.65. The number of benzene rings is 2. The number of hydrogen-bond acceptors (Lipinski definition) is 6. The number of nitrogens with one attached hydrogen (secondary N) is 2. The Labute approximate surface area is 204 Å². The second-order valence-corrected chi connectivity index (χ2v) is 8.96. The standard InChI is InChI=1S/C26H27ClN6O/c1-16(2)18-7-11-21-22(13-18)31-26(33(3)4)32-24(21)29-14-17-5-9-20(10-6-17)30-25(34)19-8-12-23(27)28-15-19/h5-13,15-16H,14H2,1-4H3,(H,30,34)(H,29,31,32). The zero-order valence-corrected chi connectivity index (χ0v) is 20.4. The zero-order valence-electron chi connectivity index (χ0n) is 19.6. The number of carbonyl (C=O) groups is 1. The SMILES string of the molecule is CC(C)c1ccc2c(NCc3ccc(NC(=O)c4ccc(Cl)nc4)cc3)nc(N(C)C)nc2c1. The fourth-order valence-corrected chi connectivity index (χ4v) is 3.55. The third-order valence-corrected chi connectivity index (χ3v) is 5.66. The monoisotopic (exact) mass is 474 g/mol. The van der Waals surface area contributed by atoms with Crippen molar-refractivity contribution in [3.05, 3.63) is 82.6 Å². The van der Waals surface area contributed by atoms with Crippen LogP contribution in [0, 0.1) is 0 Å². The van der Waals surface area contributed by atoms with E-state index in [1.807, 2.05) is 43.3 Å². The fraction of sp³-hybridized carbons (Fsp3) is 0.231. The molecule has 2 heterocycles. The molecule has 2 aromatic heterocycles. The van der Waals surface area contributed by atoms with Crippen LogP contribution >= 0.6 is 11.6 Å². The van der Waals surface area contributed by atoms with Crippen LogP contribution in [-0.2, 0) is 6.54 Å². The predicted molar refractivity (Wildman–Crippen MR) is 139 cm³/mol. The van der Waals surface area contributed by atoms with Gasteiger partial charge in [-0.05, 0) is 53.4 Å². The Morgan fingerprint density at radius 2 is 1.79 bits per heavy atom. The molecule has 0 bridgehead atoms. The van der Waals surface area contributed by atoms with Crippen LogP contribution in [0.25, 0.3) is 10.9 Å². The minimum atomic E-state index is -0.237. The van der Waals surface area contributed by atoms with Crippen molar-refractivity contribution < 1.29 is 4.79 Å². The van der Waals surface area contributed by atoms with Gasteiger partial charge >= 0.3 is 0 Å². The molecule has 2 aromatic carbocycles. The number of aromatic nitrogens is 3. The van der Waals surface area contributed by atoms with Gasteiger partial charge in [0.05, 0.1) is 11.1 Å². The van der Waals surface area contributed by atoms with Crippen LogP contribution in [0.2, 0.25) is 5.15 Å². The van der Waals surface area contributed by atoms with Crippen molar-refractivity contribution in [2.24, 2.45) is 0 Å². The van der Waals surface area contributed by atoms with Gasteiger partial charge in [0, 0.05) is 37.9 Å². The van der Waals surface area contributed by atoms with Crippen molar-refractivity contribution in [2.75, 3.05) is 29.6 Å². The van der Waals surface area contributed by atoms with Crippen LogP contribution < -0.4 is 15.5 Å². The molecular weight excluding hydrogens is 448 g/mol. The smallest absolute Gasteiger partial charge is 0.257 e. The normalized spacial score (nSPS) is 11.0. The Balaban J connectivity index is 1.49. The molecule has 174 valence electrons. The lowest BCUT2D eigenvalue weighted by Gasteiger charge is -2.16. The van der Waals surface area contributed by atoms with Crippen LogP contribution in [0.15, 0.2) is 60.8 Å². The van der Waals surface area contributed by atoms with Crippen molar-refractivity contribution in [3.63, 3.8) is 0 Å².